The number of hydrogen-bond acceptors (Lipinski definition) is 2. The predicted molar refractivity (Wildman–Crippen MR) is 85.0 cm³/mol. The van der Waals surface area contributed by atoms with Crippen LogP contribution in [0.5, 0.6) is 0 Å². The summed E-state index contributed by atoms with van der Waals surface area (Å²) >= 11 is 0. The molecule has 0 bridgehead atoms. The Morgan fingerprint density at radius 3 is 2.38 bits per heavy atom. The van der Waals surface area contributed by atoms with Crippen molar-refractivity contribution < 1.29 is 4.79 Å². The minimum atomic E-state index is -0.0545. The summed E-state index contributed by atoms with van der Waals surface area (Å²) in [7, 11) is 0. The van der Waals surface area contributed by atoms with Crippen LogP contribution in [0, 0.1) is 5.41 Å². The number of carbonyl (C=O) groups is 1. The van der Waals surface area contributed by atoms with Gasteiger partial charge in [-0.1, -0.05) is 39.0 Å². The van der Waals surface area contributed by atoms with Gasteiger partial charge >= 0.3 is 0 Å². The fourth-order valence-corrected chi connectivity index (χ4v) is 2.17. The number of nitrogens with one attached hydrogen (secondary N) is 1. The van der Waals surface area contributed by atoms with Gasteiger partial charge in [-0.05, 0) is 41.2 Å². The molecule has 0 unspecified atom stereocenters. The molecule has 1 aromatic carbocycles. The van der Waals surface area contributed by atoms with Gasteiger partial charge in [-0.3, -0.25) is 9.78 Å². The van der Waals surface area contributed by atoms with E-state index in [9.17, 15) is 4.79 Å². The van der Waals surface area contributed by atoms with Crippen LogP contribution in [0.4, 0.5) is 0 Å². The van der Waals surface area contributed by atoms with Crippen molar-refractivity contribution in [3.63, 3.8) is 0 Å². The third kappa shape index (κ3) is 5.03. The fourth-order valence-electron chi connectivity index (χ4n) is 2.17. The molecule has 2 aromatic rings. The van der Waals surface area contributed by atoms with E-state index < -0.39 is 0 Å². The summed E-state index contributed by atoms with van der Waals surface area (Å²) in [4.78, 5) is 16.1. The van der Waals surface area contributed by atoms with Gasteiger partial charge in [0.1, 0.15) is 0 Å². The molecule has 3 nitrogen and oxygen atoms in total. The molecule has 0 spiro atoms. The quantitative estimate of drug-likeness (QED) is 0.931. The Kier molecular flexibility index (Phi) is 4.73. The minimum Gasteiger partial charge on any atom is -0.348 e. The minimum absolute atomic E-state index is 0.0545. The molecule has 0 aliphatic carbocycles. The first-order chi connectivity index (χ1) is 9.94. The lowest BCUT2D eigenvalue weighted by Crippen LogP contribution is -2.22. The molecule has 1 heterocycles. The van der Waals surface area contributed by atoms with E-state index in [0.29, 0.717) is 12.1 Å². The summed E-state index contributed by atoms with van der Waals surface area (Å²) in [6.45, 7) is 7.13. The molecule has 0 aliphatic heterocycles. The molecule has 0 radical (unpaired) electrons. The maximum Gasteiger partial charge on any atom is 0.251 e. The van der Waals surface area contributed by atoms with Crippen molar-refractivity contribution >= 4 is 5.91 Å². The van der Waals surface area contributed by atoms with Crippen LogP contribution in [0.15, 0.2) is 48.8 Å². The Labute approximate surface area is 126 Å². The molecule has 3 heteroatoms. The van der Waals surface area contributed by atoms with E-state index >= 15 is 0 Å². The van der Waals surface area contributed by atoms with Crippen LogP contribution < -0.4 is 5.32 Å². The second kappa shape index (κ2) is 6.53. The van der Waals surface area contributed by atoms with Gasteiger partial charge in [0.25, 0.3) is 5.91 Å². The third-order valence-corrected chi connectivity index (χ3v) is 3.13. The summed E-state index contributed by atoms with van der Waals surface area (Å²) in [5.74, 6) is -0.0545. The zero-order valence-corrected chi connectivity index (χ0v) is 12.9. The molecule has 1 amide bonds. The van der Waals surface area contributed by atoms with Crippen LogP contribution in [0.1, 0.15) is 42.3 Å². The molecule has 1 aromatic heterocycles. The molecule has 0 saturated carbocycles. The Morgan fingerprint density at radius 1 is 1.10 bits per heavy atom. The number of carbonyl (C=O) groups excluding carboxylic acids is 1. The van der Waals surface area contributed by atoms with E-state index in [4.69, 9.17) is 0 Å². The van der Waals surface area contributed by atoms with Crippen molar-refractivity contribution in [2.24, 2.45) is 5.41 Å². The predicted octanol–water partition coefficient (Wildman–Crippen LogP) is 3.60. The standard InChI is InChI=1S/C18H22N2O/c1-18(2,3)11-14-6-8-16(9-7-14)17(21)20-13-15-5-4-10-19-12-15/h4-10,12H,11,13H2,1-3H3,(H,20,21). The van der Waals surface area contributed by atoms with Gasteiger partial charge in [-0.15, -0.1) is 0 Å². The summed E-state index contributed by atoms with van der Waals surface area (Å²) in [6.07, 6.45) is 4.48. The lowest BCUT2D eigenvalue weighted by atomic mass is 9.88. The lowest BCUT2D eigenvalue weighted by Gasteiger charge is -2.18. The first kappa shape index (κ1) is 15.2. The zero-order valence-electron chi connectivity index (χ0n) is 12.9. The van der Waals surface area contributed by atoms with Gasteiger partial charge in [0, 0.05) is 24.5 Å². The van der Waals surface area contributed by atoms with E-state index in [-0.39, 0.29) is 11.3 Å². The molecule has 0 fully saturated rings. The van der Waals surface area contributed by atoms with E-state index in [1.807, 2.05) is 36.4 Å². The third-order valence-electron chi connectivity index (χ3n) is 3.13. The first-order valence-corrected chi connectivity index (χ1v) is 7.20. The van der Waals surface area contributed by atoms with Gasteiger partial charge in [0.05, 0.1) is 0 Å². The molecular formula is C18H22N2O. The van der Waals surface area contributed by atoms with Gasteiger partial charge in [-0.2, -0.15) is 0 Å². The number of pyridine rings is 1. The second-order valence-corrected chi connectivity index (χ2v) is 6.48. The first-order valence-electron chi connectivity index (χ1n) is 7.20. The number of hydrogen-bond donors (Lipinski definition) is 1. The number of rotatable bonds is 4. The van der Waals surface area contributed by atoms with E-state index in [2.05, 4.69) is 31.1 Å². The van der Waals surface area contributed by atoms with Crippen molar-refractivity contribution in [1.82, 2.24) is 10.3 Å². The van der Waals surface area contributed by atoms with Gasteiger partial charge in [0.2, 0.25) is 0 Å². The molecule has 21 heavy (non-hydrogen) atoms. The normalized spacial score (nSPS) is 11.2. The van der Waals surface area contributed by atoms with E-state index in [1.165, 1.54) is 5.56 Å². The SMILES string of the molecule is CC(C)(C)Cc1ccc(C(=O)NCc2cccnc2)cc1. The van der Waals surface area contributed by atoms with Crippen molar-refractivity contribution in [3.8, 4) is 0 Å². The van der Waals surface area contributed by atoms with E-state index in [0.717, 1.165) is 12.0 Å². The molecular weight excluding hydrogens is 260 g/mol. The van der Waals surface area contributed by atoms with Crippen molar-refractivity contribution in [1.29, 1.82) is 0 Å². The highest BCUT2D eigenvalue weighted by molar-refractivity contribution is 5.94. The zero-order chi connectivity index (χ0) is 15.3. The van der Waals surface area contributed by atoms with Crippen LogP contribution in [-0.4, -0.2) is 10.9 Å². The molecule has 1 N–H and O–H groups in total. The monoisotopic (exact) mass is 282 g/mol. The topological polar surface area (TPSA) is 42.0 Å². The molecule has 0 aliphatic rings. The van der Waals surface area contributed by atoms with Crippen LogP contribution in [0.25, 0.3) is 0 Å². The maximum absolute atomic E-state index is 12.1. The molecule has 0 atom stereocenters. The average Bonchev–Trinajstić information content (AvgIpc) is 2.45. The van der Waals surface area contributed by atoms with Crippen LogP contribution in [-0.2, 0) is 13.0 Å². The summed E-state index contributed by atoms with van der Waals surface area (Å²) in [5, 5.41) is 2.90. The van der Waals surface area contributed by atoms with Crippen LogP contribution in [0.2, 0.25) is 0 Å². The van der Waals surface area contributed by atoms with Crippen molar-refractivity contribution in [2.45, 2.75) is 33.7 Å². The number of benzene rings is 1. The van der Waals surface area contributed by atoms with Crippen LogP contribution in [0.3, 0.4) is 0 Å². The van der Waals surface area contributed by atoms with Gasteiger partial charge in [0.15, 0.2) is 0 Å². The smallest absolute Gasteiger partial charge is 0.251 e. The molecule has 0 saturated heterocycles. The second-order valence-electron chi connectivity index (χ2n) is 6.48. The largest absolute Gasteiger partial charge is 0.348 e. The van der Waals surface area contributed by atoms with E-state index in [1.54, 1.807) is 12.4 Å². The van der Waals surface area contributed by atoms with Crippen LogP contribution >= 0.6 is 0 Å². The van der Waals surface area contributed by atoms with Crippen molar-refractivity contribution in [3.05, 3.63) is 65.5 Å². The summed E-state index contributed by atoms with van der Waals surface area (Å²) < 4.78 is 0. The molecule has 2 rings (SSSR count). The molecule has 110 valence electrons. The Balaban J connectivity index is 1.94. The Bertz CT molecular complexity index is 583. The lowest BCUT2D eigenvalue weighted by molar-refractivity contribution is 0.0951. The Morgan fingerprint density at radius 2 is 1.81 bits per heavy atom. The number of amides is 1. The average molecular weight is 282 g/mol. The fraction of sp³-hybridized carbons (Fsp3) is 0.333. The number of aromatic nitrogens is 1. The maximum atomic E-state index is 12.1. The summed E-state index contributed by atoms with van der Waals surface area (Å²) in [5.41, 5.74) is 3.20. The summed E-state index contributed by atoms with van der Waals surface area (Å²) in [6, 6.07) is 11.6. The van der Waals surface area contributed by atoms with Crippen molar-refractivity contribution in [2.75, 3.05) is 0 Å². The van der Waals surface area contributed by atoms with Gasteiger partial charge in [-0.25, -0.2) is 0 Å². The number of nitrogens with zero attached hydrogens (tertiary/aromatic N) is 1. The highest BCUT2D eigenvalue weighted by Gasteiger charge is 2.12. The Hall–Kier alpha value is -2.16. The highest BCUT2D eigenvalue weighted by atomic mass is 16.1. The highest BCUT2D eigenvalue weighted by Crippen LogP contribution is 2.20. The van der Waals surface area contributed by atoms with Gasteiger partial charge < -0.3 is 5.32 Å².